The van der Waals surface area contributed by atoms with E-state index in [2.05, 4.69) is 5.32 Å². The molecule has 0 fully saturated rings. The first-order chi connectivity index (χ1) is 17.4. The Morgan fingerprint density at radius 3 is 2.57 bits per heavy atom. The zero-order valence-electron chi connectivity index (χ0n) is 19.1. The van der Waals surface area contributed by atoms with Crippen LogP contribution in [-0.4, -0.2) is 20.9 Å². The van der Waals surface area contributed by atoms with Gasteiger partial charge in [0.1, 0.15) is 16.6 Å². The molecule has 0 saturated heterocycles. The van der Waals surface area contributed by atoms with Crippen LogP contribution >= 0.6 is 11.3 Å². The van der Waals surface area contributed by atoms with Crippen LogP contribution in [0.2, 0.25) is 0 Å². The summed E-state index contributed by atoms with van der Waals surface area (Å²) in [6.45, 7) is 1.03. The molecule has 12 heteroatoms. The molecular formula is C25H18F4N2O4S2. The summed E-state index contributed by atoms with van der Waals surface area (Å²) in [5.41, 5.74) is -0.754. The number of fused-ring (bicyclic) bond motifs is 2. The number of benzene rings is 3. The molecule has 37 heavy (non-hydrogen) atoms. The topological polar surface area (TPSA) is 75.7 Å². The fourth-order valence-electron chi connectivity index (χ4n) is 4.07. The highest BCUT2D eigenvalue weighted by molar-refractivity contribution is 7.93. The third kappa shape index (κ3) is 4.62. The summed E-state index contributed by atoms with van der Waals surface area (Å²) in [6, 6.07) is 13.6. The number of nitrogens with zero attached hydrogens (tertiary/aromatic N) is 1. The molecule has 1 aliphatic heterocycles. The molecule has 1 aliphatic rings. The van der Waals surface area contributed by atoms with Crippen LogP contribution in [0, 0.1) is 12.7 Å². The third-order valence-electron chi connectivity index (χ3n) is 5.88. The number of sulfonamides is 1. The van der Waals surface area contributed by atoms with Crippen LogP contribution in [0.5, 0.6) is 5.75 Å². The highest BCUT2D eigenvalue weighted by Crippen LogP contribution is 2.42. The highest BCUT2D eigenvalue weighted by Gasteiger charge is 2.35. The van der Waals surface area contributed by atoms with Crippen LogP contribution in [0.15, 0.2) is 65.6 Å². The van der Waals surface area contributed by atoms with Gasteiger partial charge >= 0.3 is 6.18 Å². The summed E-state index contributed by atoms with van der Waals surface area (Å²) in [5.74, 6) is -1.61. The smallest absolute Gasteiger partial charge is 0.419 e. The summed E-state index contributed by atoms with van der Waals surface area (Å²) in [5, 5.41) is 3.65. The molecule has 2 heterocycles. The number of aryl methyl sites for hydroxylation is 1. The monoisotopic (exact) mass is 550 g/mol. The average molecular weight is 551 g/mol. The first-order valence-corrected chi connectivity index (χ1v) is 13.1. The van der Waals surface area contributed by atoms with Gasteiger partial charge in [0.25, 0.3) is 15.9 Å². The van der Waals surface area contributed by atoms with Crippen molar-refractivity contribution in [2.24, 2.45) is 0 Å². The molecule has 192 valence electrons. The van der Waals surface area contributed by atoms with Crippen molar-refractivity contribution in [1.82, 2.24) is 0 Å². The molecule has 0 saturated carbocycles. The maximum atomic E-state index is 14.0. The van der Waals surface area contributed by atoms with Gasteiger partial charge in [-0.3, -0.25) is 9.10 Å². The molecule has 0 atom stereocenters. The van der Waals surface area contributed by atoms with Crippen molar-refractivity contribution in [2.75, 3.05) is 16.2 Å². The predicted octanol–water partition coefficient (Wildman–Crippen LogP) is 6.09. The van der Waals surface area contributed by atoms with Crippen molar-refractivity contribution >= 4 is 48.0 Å². The number of nitrogens with one attached hydrogen (secondary N) is 1. The molecule has 5 rings (SSSR count). The SMILES string of the molecule is Cc1c(N(Cc2ccc(F)c(C(F)(F)F)c2)S(=O)(=O)c2ccc3c(c2)NC(=O)CO3)sc2ccccc12. The standard InChI is InChI=1S/C25H18F4N2O4S2/c1-14-17-4-2-3-5-22(17)36-24(14)31(12-15-6-8-19(26)18(10-15)25(27,28)29)37(33,34)16-7-9-21-20(11-16)30-23(32)13-35-21/h2-11H,12-13H2,1H3,(H,30,32). The molecule has 0 radical (unpaired) electrons. The van der Waals surface area contributed by atoms with Gasteiger partial charge < -0.3 is 10.1 Å². The Hall–Kier alpha value is -3.64. The van der Waals surface area contributed by atoms with Gasteiger partial charge in [-0.15, -0.1) is 11.3 Å². The second-order valence-corrected chi connectivity index (χ2v) is 11.2. The summed E-state index contributed by atoms with van der Waals surface area (Å²) in [7, 11) is -4.37. The van der Waals surface area contributed by atoms with Crippen LogP contribution in [0.25, 0.3) is 10.1 Å². The number of rotatable bonds is 5. The molecule has 3 aromatic carbocycles. The number of thiophene rings is 1. The van der Waals surface area contributed by atoms with Gasteiger partial charge in [-0.1, -0.05) is 24.3 Å². The fourth-order valence-corrected chi connectivity index (χ4v) is 7.03. The van der Waals surface area contributed by atoms with Crippen molar-refractivity contribution in [1.29, 1.82) is 0 Å². The molecule has 0 spiro atoms. The number of carbonyl (C=O) groups is 1. The van der Waals surface area contributed by atoms with Gasteiger partial charge in [0.2, 0.25) is 0 Å². The van der Waals surface area contributed by atoms with E-state index < -0.39 is 40.0 Å². The summed E-state index contributed by atoms with van der Waals surface area (Å²) < 4.78 is 89.1. The third-order valence-corrected chi connectivity index (χ3v) is 9.03. The zero-order valence-corrected chi connectivity index (χ0v) is 20.7. The molecule has 4 aromatic rings. The van der Waals surface area contributed by atoms with Crippen molar-refractivity contribution in [3.05, 3.63) is 83.2 Å². The molecular weight excluding hydrogens is 532 g/mol. The van der Waals surface area contributed by atoms with Crippen LogP contribution < -0.4 is 14.4 Å². The fraction of sp³-hybridized carbons (Fsp3) is 0.160. The Bertz CT molecular complexity index is 1650. The lowest BCUT2D eigenvalue weighted by Crippen LogP contribution is -2.31. The maximum Gasteiger partial charge on any atom is 0.419 e. The molecule has 0 unspecified atom stereocenters. The molecule has 1 amide bonds. The van der Waals surface area contributed by atoms with Crippen LogP contribution in [0.3, 0.4) is 0 Å². The first kappa shape index (κ1) is 25.0. The Morgan fingerprint density at radius 1 is 1.08 bits per heavy atom. The van der Waals surface area contributed by atoms with E-state index in [0.717, 1.165) is 20.5 Å². The van der Waals surface area contributed by atoms with E-state index >= 15 is 0 Å². The van der Waals surface area contributed by atoms with E-state index in [0.29, 0.717) is 22.7 Å². The maximum absolute atomic E-state index is 14.0. The summed E-state index contributed by atoms with van der Waals surface area (Å²) in [4.78, 5) is 11.5. The quantitative estimate of drug-likeness (QED) is 0.305. The van der Waals surface area contributed by atoms with E-state index in [1.54, 1.807) is 19.1 Å². The minimum absolute atomic E-state index is 0.0521. The number of anilines is 2. The van der Waals surface area contributed by atoms with Crippen molar-refractivity contribution < 1.29 is 35.5 Å². The Balaban J connectivity index is 1.66. The largest absolute Gasteiger partial charge is 0.482 e. The van der Waals surface area contributed by atoms with Crippen molar-refractivity contribution in [2.45, 2.75) is 24.5 Å². The minimum atomic E-state index is -4.95. The number of carbonyl (C=O) groups excluding carboxylic acids is 1. The van der Waals surface area contributed by atoms with E-state index in [9.17, 15) is 30.8 Å². The van der Waals surface area contributed by atoms with Crippen molar-refractivity contribution in [3.8, 4) is 5.75 Å². The Morgan fingerprint density at radius 2 is 1.84 bits per heavy atom. The normalized spacial score (nSPS) is 13.7. The number of ether oxygens (including phenoxy) is 1. The predicted molar refractivity (Wildman–Crippen MR) is 132 cm³/mol. The zero-order chi connectivity index (χ0) is 26.5. The number of amides is 1. The molecule has 0 bridgehead atoms. The molecule has 0 aliphatic carbocycles. The van der Waals surface area contributed by atoms with E-state index in [-0.39, 0.29) is 28.5 Å². The van der Waals surface area contributed by atoms with Gasteiger partial charge in [0, 0.05) is 4.70 Å². The van der Waals surface area contributed by atoms with Gasteiger partial charge in [-0.2, -0.15) is 13.2 Å². The Labute approximate surface area is 213 Å². The van der Waals surface area contributed by atoms with E-state index in [4.69, 9.17) is 4.74 Å². The van der Waals surface area contributed by atoms with E-state index in [1.807, 2.05) is 12.1 Å². The lowest BCUT2D eigenvalue weighted by molar-refractivity contribution is -0.140. The van der Waals surface area contributed by atoms with Gasteiger partial charge in [0.05, 0.1) is 22.7 Å². The van der Waals surface area contributed by atoms with Gasteiger partial charge in [0.15, 0.2) is 6.61 Å². The Kier molecular flexibility index (Phi) is 6.11. The second-order valence-electron chi connectivity index (χ2n) is 8.35. The second kappa shape index (κ2) is 9.03. The van der Waals surface area contributed by atoms with Crippen LogP contribution in [0.4, 0.5) is 28.3 Å². The molecule has 1 aromatic heterocycles. The number of halogens is 4. The summed E-state index contributed by atoms with van der Waals surface area (Å²) >= 11 is 1.17. The van der Waals surface area contributed by atoms with Gasteiger partial charge in [-0.25, -0.2) is 12.8 Å². The lowest BCUT2D eigenvalue weighted by atomic mass is 10.1. The van der Waals surface area contributed by atoms with Crippen LogP contribution in [0.1, 0.15) is 16.7 Å². The number of alkyl halides is 3. The average Bonchev–Trinajstić information content (AvgIpc) is 3.18. The molecule has 1 N–H and O–H groups in total. The van der Waals surface area contributed by atoms with Crippen LogP contribution in [-0.2, 0) is 27.5 Å². The highest BCUT2D eigenvalue weighted by atomic mass is 32.2. The minimum Gasteiger partial charge on any atom is -0.482 e. The van der Waals surface area contributed by atoms with Crippen molar-refractivity contribution in [3.63, 3.8) is 0 Å². The number of hydrogen-bond acceptors (Lipinski definition) is 5. The first-order valence-electron chi connectivity index (χ1n) is 10.9. The number of hydrogen-bond donors (Lipinski definition) is 1. The lowest BCUT2D eigenvalue weighted by Gasteiger charge is -2.26. The summed E-state index contributed by atoms with van der Waals surface area (Å²) in [6.07, 6.45) is -4.95. The molecule has 6 nitrogen and oxygen atoms in total. The van der Waals surface area contributed by atoms with E-state index in [1.165, 1.54) is 29.5 Å². The van der Waals surface area contributed by atoms with Gasteiger partial charge in [-0.05, 0) is 59.8 Å².